The van der Waals surface area contributed by atoms with Crippen molar-refractivity contribution in [2.45, 2.75) is 36.5 Å². The number of hydrogen-bond donors (Lipinski definition) is 1. The molecule has 8 nitrogen and oxygen atoms in total. The first-order valence-corrected chi connectivity index (χ1v) is 16.1. The summed E-state index contributed by atoms with van der Waals surface area (Å²) in [6, 6.07) is 19.7. The number of piperazine rings is 1. The number of carbonyl (C=O) groups is 1. The molecular weight excluding hydrogens is 572 g/mol. The molecule has 6 rings (SSSR count). The van der Waals surface area contributed by atoms with Gasteiger partial charge < -0.3 is 14.5 Å². The zero-order valence-electron chi connectivity index (χ0n) is 23.4. The molecule has 3 aromatic carbocycles. The molecule has 1 amide bonds. The van der Waals surface area contributed by atoms with E-state index in [0.29, 0.717) is 48.6 Å². The van der Waals surface area contributed by atoms with Crippen LogP contribution in [0.15, 0.2) is 77.8 Å². The van der Waals surface area contributed by atoms with Gasteiger partial charge in [0.25, 0.3) is 15.9 Å². The molecular formula is C32H33ClN4O4S. The van der Waals surface area contributed by atoms with Crippen molar-refractivity contribution in [3.63, 3.8) is 0 Å². The number of methoxy groups -OCH3 is 1. The van der Waals surface area contributed by atoms with E-state index in [1.807, 2.05) is 0 Å². The van der Waals surface area contributed by atoms with Crippen molar-refractivity contribution in [3.05, 3.63) is 89.1 Å². The van der Waals surface area contributed by atoms with Crippen LogP contribution in [0.5, 0.6) is 5.75 Å². The Bertz CT molecular complexity index is 1730. The fourth-order valence-corrected chi connectivity index (χ4v) is 7.57. The van der Waals surface area contributed by atoms with Crippen molar-refractivity contribution < 1.29 is 17.9 Å². The lowest BCUT2D eigenvalue weighted by molar-refractivity contribution is 0.0746. The summed E-state index contributed by atoms with van der Waals surface area (Å²) >= 11 is 6.49. The quantitative estimate of drug-likeness (QED) is 0.265. The first kappa shape index (κ1) is 28.3. The van der Waals surface area contributed by atoms with Crippen molar-refractivity contribution >= 4 is 49.8 Å². The topological polar surface area (TPSA) is 91.8 Å². The number of ether oxygens (including phenoxy) is 1. The molecule has 218 valence electrons. The van der Waals surface area contributed by atoms with E-state index in [-0.39, 0.29) is 21.5 Å². The van der Waals surface area contributed by atoms with E-state index in [9.17, 15) is 13.2 Å². The SMILES string of the molecule is COc1cc(C2CCCC2)ccc1N1CCN(C(=O)c2ccc(NS(=O)(=O)c3cccc4cccnc34)c(Cl)c2)CC1. The van der Waals surface area contributed by atoms with Gasteiger partial charge in [0.15, 0.2) is 0 Å². The Morgan fingerprint density at radius 2 is 1.74 bits per heavy atom. The van der Waals surface area contributed by atoms with Gasteiger partial charge >= 0.3 is 0 Å². The third-order valence-corrected chi connectivity index (χ3v) is 9.99. The minimum atomic E-state index is -3.97. The van der Waals surface area contributed by atoms with Crippen LogP contribution in [0.2, 0.25) is 5.02 Å². The first-order chi connectivity index (χ1) is 20.3. The minimum absolute atomic E-state index is 0.0551. The van der Waals surface area contributed by atoms with Crippen LogP contribution in [0.1, 0.15) is 47.5 Å². The summed E-state index contributed by atoms with van der Waals surface area (Å²) in [5, 5.41) is 0.857. The van der Waals surface area contributed by atoms with Gasteiger partial charge in [-0.1, -0.05) is 48.7 Å². The molecule has 0 spiro atoms. The number of para-hydroxylation sites is 1. The van der Waals surface area contributed by atoms with E-state index in [0.717, 1.165) is 11.4 Å². The van der Waals surface area contributed by atoms with Crippen molar-refractivity contribution in [3.8, 4) is 5.75 Å². The second-order valence-electron chi connectivity index (χ2n) is 10.8. The summed E-state index contributed by atoms with van der Waals surface area (Å²) in [6.45, 7) is 2.45. The number of sulfonamides is 1. The first-order valence-electron chi connectivity index (χ1n) is 14.2. The van der Waals surface area contributed by atoms with E-state index in [4.69, 9.17) is 16.3 Å². The Kier molecular flexibility index (Phi) is 7.96. The number of rotatable bonds is 7. The lowest BCUT2D eigenvalue weighted by Crippen LogP contribution is -2.48. The summed E-state index contributed by atoms with van der Waals surface area (Å²) < 4.78 is 34.7. The van der Waals surface area contributed by atoms with E-state index in [1.165, 1.54) is 49.4 Å². The molecule has 1 aromatic heterocycles. The van der Waals surface area contributed by atoms with E-state index < -0.39 is 10.0 Å². The van der Waals surface area contributed by atoms with Crippen molar-refractivity contribution in [1.29, 1.82) is 0 Å². The molecule has 0 atom stereocenters. The molecule has 1 saturated carbocycles. The minimum Gasteiger partial charge on any atom is -0.495 e. The molecule has 4 aromatic rings. The zero-order chi connectivity index (χ0) is 29.3. The lowest BCUT2D eigenvalue weighted by atomic mass is 9.97. The van der Waals surface area contributed by atoms with Crippen LogP contribution in [-0.4, -0.2) is 57.5 Å². The monoisotopic (exact) mass is 604 g/mol. The highest BCUT2D eigenvalue weighted by atomic mass is 35.5. The normalized spacial score (nSPS) is 16.1. The van der Waals surface area contributed by atoms with E-state index in [2.05, 4.69) is 32.8 Å². The fourth-order valence-electron chi connectivity index (χ4n) is 6.03. The average Bonchev–Trinajstić information content (AvgIpc) is 3.56. The Balaban J connectivity index is 1.12. The third-order valence-electron chi connectivity index (χ3n) is 8.28. The average molecular weight is 605 g/mol. The number of nitrogens with one attached hydrogen (secondary N) is 1. The molecule has 0 radical (unpaired) electrons. The molecule has 2 aliphatic rings. The van der Waals surface area contributed by atoms with E-state index >= 15 is 0 Å². The molecule has 2 heterocycles. The highest BCUT2D eigenvalue weighted by Crippen LogP contribution is 2.39. The van der Waals surface area contributed by atoms with Gasteiger partial charge in [0.05, 0.1) is 29.0 Å². The van der Waals surface area contributed by atoms with Crippen molar-refractivity contribution in [2.24, 2.45) is 0 Å². The Hall–Kier alpha value is -3.82. The molecule has 1 saturated heterocycles. The predicted octanol–water partition coefficient (Wildman–Crippen LogP) is 6.32. The maximum atomic E-state index is 13.4. The standard InChI is InChI=1S/C32H33ClN4O4S/c1-41-29-21-24(22-6-2-3-7-22)12-14-28(29)36-16-18-37(19-17-36)32(38)25-11-13-27(26(33)20-25)35-42(39,40)30-10-4-8-23-9-5-15-34-31(23)30/h4-5,8-15,20-22,35H,2-3,6-7,16-19H2,1H3. The molecule has 1 aliphatic heterocycles. The van der Waals surface area contributed by atoms with Crippen LogP contribution in [0, 0.1) is 0 Å². The van der Waals surface area contributed by atoms with Gasteiger partial charge in [-0.25, -0.2) is 8.42 Å². The van der Waals surface area contributed by atoms with Crippen LogP contribution < -0.4 is 14.4 Å². The van der Waals surface area contributed by atoms with Crippen LogP contribution in [-0.2, 0) is 10.0 Å². The molecule has 0 bridgehead atoms. The number of pyridine rings is 1. The molecule has 1 aliphatic carbocycles. The van der Waals surface area contributed by atoms with Gasteiger partial charge in [-0.15, -0.1) is 0 Å². The van der Waals surface area contributed by atoms with Crippen LogP contribution >= 0.6 is 11.6 Å². The van der Waals surface area contributed by atoms with Gasteiger partial charge in [-0.2, -0.15) is 0 Å². The number of halogens is 1. The number of fused-ring (bicyclic) bond motifs is 1. The van der Waals surface area contributed by atoms with Crippen molar-refractivity contribution in [2.75, 3.05) is 42.9 Å². The smallest absolute Gasteiger partial charge is 0.264 e. The summed E-state index contributed by atoms with van der Waals surface area (Å²) in [7, 11) is -2.26. The number of anilines is 2. The third kappa shape index (κ3) is 5.63. The van der Waals surface area contributed by atoms with E-state index in [1.54, 1.807) is 48.5 Å². The van der Waals surface area contributed by atoms with Gasteiger partial charge in [0, 0.05) is 43.3 Å². The summed E-state index contributed by atoms with van der Waals surface area (Å²) in [6.07, 6.45) is 6.61. The van der Waals surface area contributed by atoms with Gasteiger partial charge in [0.1, 0.15) is 10.6 Å². The molecule has 10 heteroatoms. The summed E-state index contributed by atoms with van der Waals surface area (Å²) in [5.41, 5.74) is 3.36. The number of hydrogen-bond acceptors (Lipinski definition) is 6. The van der Waals surface area contributed by atoms with Gasteiger partial charge in [-0.05, 0) is 66.8 Å². The lowest BCUT2D eigenvalue weighted by Gasteiger charge is -2.37. The molecule has 42 heavy (non-hydrogen) atoms. The second kappa shape index (κ2) is 11.8. The Labute approximate surface area is 251 Å². The van der Waals surface area contributed by atoms with Crippen LogP contribution in [0.3, 0.4) is 0 Å². The highest BCUT2D eigenvalue weighted by Gasteiger charge is 2.26. The fraction of sp³-hybridized carbons (Fsp3) is 0.312. The van der Waals surface area contributed by atoms with Crippen LogP contribution in [0.25, 0.3) is 10.9 Å². The Morgan fingerprint density at radius 1 is 0.976 bits per heavy atom. The molecule has 1 N–H and O–H groups in total. The zero-order valence-corrected chi connectivity index (χ0v) is 25.0. The molecule has 2 fully saturated rings. The summed E-state index contributed by atoms with van der Waals surface area (Å²) in [5.74, 6) is 1.35. The number of nitrogens with zero attached hydrogens (tertiary/aromatic N) is 3. The predicted molar refractivity (Wildman–Crippen MR) is 166 cm³/mol. The summed E-state index contributed by atoms with van der Waals surface area (Å²) in [4.78, 5) is 21.7. The molecule has 0 unspecified atom stereocenters. The maximum absolute atomic E-state index is 13.4. The maximum Gasteiger partial charge on any atom is 0.264 e. The highest BCUT2D eigenvalue weighted by molar-refractivity contribution is 7.93. The number of carbonyl (C=O) groups excluding carboxylic acids is 1. The largest absolute Gasteiger partial charge is 0.495 e. The number of aromatic nitrogens is 1. The van der Waals surface area contributed by atoms with Crippen molar-refractivity contribution in [1.82, 2.24) is 9.88 Å². The number of amides is 1. The van der Waals surface area contributed by atoms with Crippen LogP contribution in [0.4, 0.5) is 11.4 Å². The van der Waals surface area contributed by atoms with Gasteiger partial charge in [0.2, 0.25) is 0 Å². The second-order valence-corrected chi connectivity index (χ2v) is 12.9. The number of benzene rings is 3. The Morgan fingerprint density at radius 3 is 2.48 bits per heavy atom. The van der Waals surface area contributed by atoms with Gasteiger partial charge in [-0.3, -0.25) is 14.5 Å².